The van der Waals surface area contributed by atoms with E-state index >= 15 is 0 Å². The Kier molecular flexibility index (Phi) is 3.09. The molecule has 1 N–H and O–H groups in total. The number of H-pyrrole nitrogens is 1. The fourth-order valence-electron chi connectivity index (χ4n) is 2.28. The highest BCUT2D eigenvalue weighted by Gasteiger charge is 2.08. The first kappa shape index (κ1) is 12.6. The second-order valence-corrected chi connectivity index (χ2v) is 4.98. The molecular weight excluding hydrogens is 268 g/mol. The van der Waals surface area contributed by atoms with E-state index in [4.69, 9.17) is 17.5 Å². The van der Waals surface area contributed by atoms with Gasteiger partial charge in [0.2, 0.25) is 0 Å². The summed E-state index contributed by atoms with van der Waals surface area (Å²) < 4.78 is 2.57. The lowest BCUT2D eigenvalue weighted by molar-refractivity contribution is 0.781. The van der Waals surface area contributed by atoms with Gasteiger partial charge in [-0.2, -0.15) is 5.26 Å². The van der Waals surface area contributed by atoms with E-state index in [1.54, 1.807) is 6.07 Å². The number of hydrogen-bond acceptors (Lipinski definition) is 3. The fourth-order valence-corrected chi connectivity index (χ4v) is 2.54. The van der Waals surface area contributed by atoms with Crippen molar-refractivity contribution in [2.75, 3.05) is 0 Å². The first-order valence-electron chi connectivity index (χ1n) is 6.23. The van der Waals surface area contributed by atoms with E-state index in [9.17, 15) is 0 Å². The lowest BCUT2D eigenvalue weighted by Gasteiger charge is -2.05. The van der Waals surface area contributed by atoms with Gasteiger partial charge in [-0.05, 0) is 43.4 Å². The maximum atomic E-state index is 9.14. The molecular formula is C15H12N4S. The molecule has 5 heteroatoms. The number of pyridine rings is 1. The molecule has 4 nitrogen and oxygen atoms in total. The van der Waals surface area contributed by atoms with E-state index in [0.717, 1.165) is 22.4 Å². The number of nitrogens with one attached hydrogen (secondary N) is 1. The third kappa shape index (κ3) is 2.10. The molecule has 0 atom stereocenters. The number of nitriles is 1. The van der Waals surface area contributed by atoms with Gasteiger partial charge in [0.25, 0.3) is 0 Å². The number of benzene rings is 1. The molecule has 0 fully saturated rings. The predicted molar refractivity (Wildman–Crippen MR) is 79.9 cm³/mol. The summed E-state index contributed by atoms with van der Waals surface area (Å²) in [5, 5.41) is 9.14. The lowest BCUT2D eigenvalue weighted by Crippen LogP contribution is -2.02. The van der Waals surface area contributed by atoms with Gasteiger partial charge < -0.3 is 9.55 Å². The van der Waals surface area contributed by atoms with Crippen LogP contribution in [-0.2, 0) is 6.54 Å². The molecule has 2 aromatic heterocycles. The van der Waals surface area contributed by atoms with E-state index in [1.165, 1.54) is 0 Å². The van der Waals surface area contributed by atoms with Gasteiger partial charge in [-0.1, -0.05) is 12.1 Å². The first-order chi connectivity index (χ1) is 9.69. The maximum absolute atomic E-state index is 9.14. The number of nitrogens with zero attached hydrogens (tertiary/aromatic N) is 3. The zero-order valence-electron chi connectivity index (χ0n) is 10.9. The number of rotatable bonds is 2. The van der Waals surface area contributed by atoms with E-state index < -0.39 is 0 Å². The molecule has 0 aliphatic rings. The smallest absolute Gasteiger partial charge is 0.178 e. The average molecular weight is 280 g/mol. The molecule has 0 radical (unpaired) electrons. The Morgan fingerprint density at radius 3 is 2.85 bits per heavy atom. The van der Waals surface area contributed by atoms with Crippen LogP contribution in [0.5, 0.6) is 0 Å². The summed E-state index contributed by atoms with van der Waals surface area (Å²) in [6, 6.07) is 13.7. The van der Waals surface area contributed by atoms with Crippen molar-refractivity contribution in [3.8, 4) is 6.07 Å². The Balaban J connectivity index is 2.15. The largest absolute Gasteiger partial charge is 0.329 e. The van der Waals surface area contributed by atoms with Crippen LogP contribution in [0.15, 0.2) is 36.4 Å². The monoisotopic (exact) mass is 280 g/mol. The van der Waals surface area contributed by atoms with E-state index in [0.29, 0.717) is 16.9 Å². The number of hydrogen-bond donors (Lipinski definition) is 1. The third-order valence-electron chi connectivity index (χ3n) is 3.20. The van der Waals surface area contributed by atoms with Crippen LogP contribution >= 0.6 is 12.2 Å². The molecule has 2 heterocycles. The van der Waals surface area contributed by atoms with Crippen LogP contribution in [0.25, 0.3) is 11.0 Å². The molecule has 0 amide bonds. The van der Waals surface area contributed by atoms with Crippen molar-refractivity contribution in [2.24, 2.45) is 0 Å². The Morgan fingerprint density at radius 2 is 2.10 bits per heavy atom. The van der Waals surface area contributed by atoms with Crippen molar-refractivity contribution >= 4 is 23.3 Å². The number of aryl methyl sites for hydroxylation is 1. The topological polar surface area (TPSA) is 57.4 Å². The first-order valence-corrected chi connectivity index (χ1v) is 6.64. The molecule has 20 heavy (non-hydrogen) atoms. The van der Waals surface area contributed by atoms with Crippen molar-refractivity contribution in [1.29, 1.82) is 5.26 Å². The lowest BCUT2D eigenvalue weighted by atomic mass is 10.2. The van der Waals surface area contributed by atoms with Crippen molar-refractivity contribution in [1.82, 2.24) is 14.5 Å². The zero-order valence-corrected chi connectivity index (χ0v) is 11.7. The molecule has 3 aromatic rings. The Labute approximate surface area is 121 Å². The van der Waals surface area contributed by atoms with Crippen LogP contribution in [-0.4, -0.2) is 14.5 Å². The summed E-state index contributed by atoms with van der Waals surface area (Å²) in [5.74, 6) is 0. The SMILES string of the molecule is Cc1cccc(Cn2c(=S)[nH]c3c(C#N)cccc32)n1. The summed E-state index contributed by atoms with van der Waals surface area (Å²) in [6.45, 7) is 2.56. The highest BCUT2D eigenvalue weighted by Crippen LogP contribution is 2.19. The predicted octanol–water partition coefficient (Wildman–Crippen LogP) is 3.32. The minimum absolute atomic E-state index is 0.593. The summed E-state index contributed by atoms with van der Waals surface area (Å²) in [4.78, 5) is 7.60. The molecule has 1 aromatic carbocycles. The summed E-state index contributed by atoms with van der Waals surface area (Å²) in [5.41, 5.74) is 4.24. The maximum Gasteiger partial charge on any atom is 0.178 e. The van der Waals surface area contributed by atoms with Crippen molar-refractivity contribution in [3.05, 3.63) is 58.1 Å². The number of aromatic amines is 1. The number of fused-ring (bicyclic) bond motifs is 1. The third-order valence-corrected chi connectivity index (χ3v) is 3.52. The Hall–Kier alpha value is -2.45. The quantitative estimate of drug-likeness (QED) is 0.733. The van der Waals surface area contributed by atoms with E-state index in [2.05, 4.69) is 16.0 Å². The van der Waals surface area contributed by atoms with E-state index in [-0.39, 0.29) is 0 Å². The zero-order chi connectivity index (χ0) is 14.1. The van der Waals surface area contributed by atoms with Gasteiger partial charge in [0.15, 0.2) is 4.77 Å². The summed E-state index contributed by atoms with van der Waals surface area (Å²) in [7, 11) is 0. The van der Waals surface area contributed by atoms with Crippen LogP contribution < -0.4 is 0 Å². The van der Waals surface area contributed by atoms with Crippen LogP contribution in [0.3, 0.4) is 0 Å². The van der Waals surface area contributed by atoms with Crippen molar-refractivity contribution < 1.29 is 0 Å². The van der Waals surface area contributed by atoms with Gasteiger partial charge in [0.1, 0.15) is 6.07 Å². The minimum atomic E-state index is 0.593. The summed E-state index contributed by atoms with van der Waals surface area (Å²) >= 11 is 5.36. The molecule has 0 saturated carbocycles. The molecule has 0 unspecified atom stereocenters. The van der Waals surface area contributed by atoms with Gasteiger partial charge in [-0.3, -0.25) is 4.98 Å². The second-order valence-electron chi connectivity index (χ2n) is 4.60. The Bertz CT molecular complexity index is 883. The van der Waals surface area contributed by atoms with Gasteiger partial charge in [0.05, 0.1) is 28.8 Å². The fraction of sp³-hybridized carbons (Fsp3) is 0.133. The normalized spacial score (nSPS) is 10.6. The summed E-state index contributed by atoms with van der Waals surface area (Å²) in [6.07, 6.45) is 0. The van der Waals surface area contributed by atoms with Crippen LogP contribution in [0.2, 0.25) is 0 Å². The van der Waals surface area contributed by atoms with Gasteiger partial charge in [0, 0.05) is 5.69 Å². The average Bonchev–Trinajstić information content (AvgIpc) is 2.75. The van der Waals surface area contributed by atoms with Crippen molar-refractivity contribution in [2.45, 2.75) is 13.5 Å². The molecule has 0 bridgehead atoms. The molecule has 0 aliphatic heterocycles. The molecule has 0 spiro atoms. The molecule has 0 saturated heterocycles. The number of imidazole rings is 1. The number of aromatic nitrogens is 3. The molecule has 98 valence electrons. The Morgan fingerprint density at radius 1 is 1.30 bits per heavy atom. The number of para-hydroxylation sites is 1. The van der Waals surface area contributed by atoms with Gasteiger partial charge in [-0.25, -0.2) is 0 Å². The second kappa shape index (κ2) is 4.91. The van der Waals surface area contributed by atoms with Crippen LogP contribution in [0.4, 0.5) is 0 Å². The van der Waals surface area contributed by atoms with Gasteiger partial charge in [-0.15, -0.1) is 0 Å². The van der Waals surface area contributed by atoms with Crippen molar-refractivity contribution in [3.63, 3.8) is 0 Å². The van der Waals surface area contributed by atoms with E-state index in [1.807, 2.05) is 41.8 Å². The molecule has 0 aliphatic carbocycles. The standard InChI is InChI=1S/C15H12N4S/c1-10-4-2-6-12(17-10)9-19-13-7-3-5-11(8-16)14(13)18-15(19)20/h2-7H,9H2,1H3,(H,18,20). The highest BCUT2D eigenvalue weighted by atomic mass is 32.1. The minimum Gasteiger partial charge on any atom is -0.329 e. The molecule has 3 rings (SSSR count). The van der Waals surface area contributed by atoms with Gasteiger partial charge >= 0.3 is 0 Å². The highest BCUT2D eigenvalue weighted by molar-refractivity contribution is 7.71. The van der Waals surface area contributed by atoms with Crippen LogP contribution in [0, 0.1) is 23.0 Å². The van der Waals surface area contributed by atoms with Crippen LogP contribution in [0.1, 0.15) is 17.0 Å².